The molecule has 0 atom stereocenters. The van der Waals surface area contributed by atoms with Gasteiger partial charge in [0.1, 0.15) is 4.21 Å². The van der Waals surface area contributed by atoms with E-state index in [2.05, 4.69) is 29.0 Å². The molecule has 0 unspecified atom stereocenters. The van der Waals surface area contributed by atoms with Gasteiger partial charge in [-0.2, -0.15) is 0 Å². The third kappa shape index (κ3) is 5.38. The van der Waals surface area contributed by atoms with Gasteiger partial charge in [-0.15, -0.1) is 11.3 Å². The number of carbonyl (C=O) groups is 1. The summed E-state index contributed by atoms with van der Waals surface area (Å²) in [5.74, 6) is -0.136. The van der Waals surface area contributed by atoms with Crippen molar-refractivity contribution in [2.75, 3.05) is 25.4 Å². The number of hydrogen-bond donors (Lipinski definition) is 2. The smallest absolute Gasteiger partial charge is 0.271 e. The minimum atomic E-state index is -3.59. The van der Waals surface area contributed by atoms with Gasteiger partial charge in [0.05, 0.1) is 0 Å². The summed E-state index contributed by atoms with van der Waals surface area (Å²) in [6.45, 7) is 0.617. The molecule has 0 saturated heterocycles. The molecule has 1 aliphatic carbocycles. The number of nitrogens with zero attached hydrogens (tertiary/aromatic N) is 1. The van der Waals surface area contributed by atoms with Gasteiger partial charge in [0, 0.05) is 23.3 Å². The van der Waals surface area contributed by atoms with Crippen molar-refractivity contribution < 1.29 is 13.2 Å². The van der Waals surface area contributed by atoms with Crippen molar-refractivity contribution in [2.24, 2.45) is 0 Å². The third-order valence-corrected chi connectivity index (χ3v) is 8.50. The number of rotatable bonds is 7. The van der Waals surface area contributed by atoms with Crippen LogP contribution in [0.25, 0.3) is 0 Å². The van der Waals surface area contributed by atoms with E-state index in [1.807, 2.05) is 0 Å². The van der Waals surface area contributed by atoms with Crippen LogP contribution in [-0.4, -0.2) is 45.4 Å². The lowest BCUT2D eigenvalue weighted by molar-refractivity contribution is 0.0869. The lowest BCUT2D eigenvalue weighted by Crippen LogP contribution is -2.52. The summed E-state index contributed by atoms with van der Waals surface area (Å²) in [6.07, 6.45) is 7.06. The first-order valence-electron chi connectivity index (χ1n) is 9.94. The van der Waals surface area contributed by atoms with E-state index in [0.29, 0.717) is 17.8 Å². The highest BCUT2D eigenvalue weighted by Crippen LogP contribution is 2.30. The second-order valence-electron chi connectivity index (χ2n) is 7.83. The Morgan fingerprint density at radius 3 is 2.28 bits per heavy atom. The van der Waals surface area contributed by atoms with Crippen LogP contribution < -0.4 is 10.0 Å². The fourth-order valence-corrected chi connectivity index (χ4v) is 5.88. The molecule has 2 N–H and O–H groups in total. The number of nitrogens with one attached hydrogen (secondary N) is 2. The van der Waals surface area contributed by atoms with Crippen molar-refractivity contribution in [1.29, 1.82) is 0 Å². The van der Waals surface area contributed by atoms with Crippen LogP contribution in [-0.2, 0) is 10.0 Å². The Labute approximate surface area is 177 Å². The van der Waals surface area contributed by atoms with E-state index < -0.39 is 10.0 Å². The van der Waals surface area contributed by atoms with Gasteiger partial charge in [0.15, 0.2) is 0 Å². The first kappa shape index (κ1) is 21.8. The van der Waals surface area contributed by atoms with Crippen LogP contribution in [0.15, 0.2) is 46.0 Å². The zero-order chi connectivity index (χ0) is 20.9. The highest BCUT2D eigenvalue weighted by molar-refractivity contribution is 7.94. The molecule has 158 valence electrons. The number of likely N-dealkylation sites (N-methyl/N-ethyl adjacent to an activating group) is 1. The summed E-state index contributed by atoms with van der Waals surface area (Å²) >= 11 is 1.16. The van der Waals surface area contributed by atoms with Crippen LogP contribution >= 0.6 is 11.3 Å². The Morgan fingerprint density at radius 2 is 1.72 bits per heavy atom. The average Bonchev–Trinajstić information content (AvgIpc) is 3.14. The van der Waals surface area contributed by atoms with E-state index in [9.17, 15) is 13.2 Å². The molecule has 3 rings (SSSR count). The van der Waals surface area contributed by atoms with E-state index in [1.54, 1.807) is 41.8 Å². The number of anilines is 1. The Bertz CT molecular complexity index is 899. The molecular weight excluding hydrogens is 406 g/mol. The number of sulfonamides is 1. The summed E-state index contributed by atoms with van der Waals surface area (Å²) in [4.78, 5) is 14.9. The molecule has 2 aromatic rings. The van der Waals surface area contributed by atoms with E-state index in [4.69, 9.17) is 0 Å². The zero-order valence-corrected chi connectivity index (χ0v) is 18.6. The van der Waals surface area contributed by atoms with E-state index in [-0.39, 0.29) is 15.7 Å². The van der Waals surface area contributed by atoms with Crippen molar-refractivity contribution >= 4 is 33.0 Å². The molecule has 1 aromatic carbocycles. The molecule has 1 amide bonds. The lowest BCUT2D eigenvalue weighted by atomic mass is 9.88. The first-order valence-corrected chi connectivity index (χ1v) is 12.3. The van der Waals surface area contributed by atoms with Crippen molar-refractivity contribution in [1.82, 2.24) is 10.2 Å². The molecule has 6 nitrogen and oxygen atoms in total. The summed E-state index contributed by atoms with van der Waals surface area (Å²) in [5.41, 5.74) is 0.956. The molecule has 0 aliphatic heterocycles. The van der Waals surface area contributed by atoms with Crippen LogP contribution in [0.3, 0.4) is 0 Å². The monoisotopic (exact) mass is 435 g/mol. The number of hydrogen-bond acceptors (Lipinski definition) is 5. The Hall–Kier alpha value is -1.90. The van der Waals surface area contributed by atoms with E-state index in [0.717, 1.165) is 24.2 Å². The van der Waals surface area contributed by atoms with Crippen LogP contribution in [0.5, 0.6) is 0 Å². The zero-order valence-electron chi connectivity index (χ0n) is 17.0. The van der Waals surface area contributed by atoms with Crippen LogP contribution in [0.4, 0.5) is 5.69 Å². The molecule has 8 heteroatoms. The minimum Gasteiger partial charge on any atom is -0.350 e. The van der Waals surface area contributed by atoms with Crippen molar-refractivity contribution in [3.05, 3.63) is 47.3 Å². The van der Waals surface area contributed by atoms with Crippen LogP contribution in [0.1, 0.15) is 48.9 Å². The summed E-state index contributed by atoms with van der Waals surface area (Å²) in [6, 6.07) is 9.79. The standard InChI is InChI=1S/C21H29N3O3S2/c1-24(2)21(13-5-3-4-6-14-21)16-22-20(25)17-9-11-18(12-10-17)23-29(26,27)19-8-7-15-28-19/h7-12,15,23H,3-6,13-14,16H2,1-2H3,(H,22,25). The number of carbonyl (C=O) groups excluding carboxylic acids is 1. The second kappa shape index (κ2) is 9.28. The molecule has 0 bridgehead atoms. The fourth-order valence-electron chi connectivity index (χ4n) is 3.83. The quantitative estimate of drug-likeness (QED) is 0.646. The van der Waals surface area contributed by atoms with Gasteiger partial charge in [-0.3, -0.25) is 9.52 Å². The highest BCUT2D eigenvalue weighted by atomic mass is 32.2. The van der Waals surface area contributed by atoms with Crippen LogP contribution in [0.2, 0.25) is 0 Å². The van der Waals surface area contributed by atoms with Crippen molar-refractivity contribution in [3.63, 3.8) is 0 Å². The van der Waals surface area contributed by atoms with Gasteiger partial charge in [0.25, 0.3) is 15.9 Å². The van der Waals surface area contributed by atoms with Crippen molar-refractivity contribution in [3.8, 4) is 0 Å². The lowest BCUT2D eigenvalue weighted by Gasteiger charge is -2.39. The average molecular weight is 436 g/mol. The minimum absolute atomic E-state index is 0.00242. The Morgan fingerprint density at radius 1 is 1.07 bits per heavy atom. The topological polar surface area (TPSA) is 78.5 Å². The molecular formula is C21H29N3O3S2. The third-order valence-electron chi connectivity index (χ3n) is 5.72. The molecule has 0 radical (unpaired) electrons. The van der Waals surface area contributed by atoms with Gasteiger partial charge >= 0.3 is 0 Å². The largest absolute Gasteiger partial charge is 0.350 e. The van der Waals surface area contributed by atoms with Crippen LogP contribution in [0, 0.1) is 0 Å². The van der Waals surface area contributed by atoms with Gasteiger partial charge < -0.3 is 10.2 Å². The maximum atomic E-state index is 12.7. The van der Waals surface area contributed by atoms with Gasteiger partial charge in [-0.25, -0.2) is 8.42 Å². The molecule has 29 heavy (non-hydrogen) atoms. The van der Waals surface area contributed by atoms with Crippen molar-refractivity contribution in [2.45, 2.75) is 48.3 Å². The Kier molecular flexibility index (Phi) is 6.97. The maximum Gasteiger partial charge on any atom is 0.271 e. The van der Waals surface area contributed by atoms with Gasteiger partial charge in [-0.05, 0) is 62.6 Å². The molecule has 1 aromatic heterocycles. The SMILES string of the molecule is CN(C)C1(CNC(=O)c2ccc(NS(=O)(=O)c3cccs3)cc2)CCCCCC1. The predicted octanol–water partition coefficient (Wildman–Crippen LogP) is 3.93. The highest BCUT2D eigenvalue weighted by Gasteiger charge is 2.33. The summed E-state index contributed by atoms with van der Waals surface area (Å²) in [5, 5.41) is 4.81. The number of thiophene rings is 1. The molecule has 1 heterocycles. The van der Waals surface area contributed by atoms with E-state index in [1.165, 1.54) is 25.7 Å². The van der Waals surface area contributed by atoms with Gasteiger partial charge in [0.2, 0.25) is 0 Å². The molecule has 1 saturated carbocycles. The Balaban J connectivity index is 1.63. The normalized spacial score (nSPS) is 16.9. The van der Waals surface area contributed by atoms with Gasteiger partial charge in [-0.1, -0.05) is 31.7 Å². The number of amides is 1. The summed E-state index contributed by atoms with van der Waals surface area (Å²) in [7, 11) is 0.592. The predicted molar refractivity (Wildman–Crippen MR) is 118 cm³/mol. The molecule has 0 spiro atoms. The first-order chi connectivity index (χ1) is 13.8. The number of benzene rings is 1. The maximum absolute atomic E-state index is 12.7. The summed E-state index contributed by atoms with van der Waals surface area (Å²) < 4.78 is 27.4. The molecule has 1 aliphatic rings. The second-order valence-corrected chi connectivity index (χ2v) is 10.7. The fraction of sp³-hybridized carbons (Fsp3) is 0.476. The van der Waals surface area contributed by atoms with E-state index >= 15 is 0 Å². The molecule has 1 fully saturated rings.